The van der Waals surface area contributed by atoms with Crippen LogP contribution < -0.4 is 0 Å². The van der Waals surface area contributed by atoms with Crippen LogP contribution in [0.4, 0.5) is 17.6 Å². The van der Waals surface area contributed by atoms with Crippen LogP contribution >= 0.6 is 23.2 Å². The normalized spacial score (nSPS) is 20.3. The molecule has 8 heteroatoms. The van der Waals surface area contributed by atoms with E-state index in [1.165, 1.54) is 6.08 Å². The van der Waals surface area contributed by atoms with Gasteiger partial charge in [-0.15, -0.1) is 12.3 Å². The number of rotatable bonds is 5. The summed E-state index contributed by atoms with van der Waals surface area (Å²) in [5.41, 5.74) is -2.42. The zero-order valence-corrected chi connectivity index (χ0v) is 15.3. The molecule has 0 N–H and O–H groups in total. The van der Waals surface area contributed by atoms with Crippen molar-refractivity contribution in [3.8, 4) is 12.3 Å². The Labute approximate surface area is 158 Å². The summed E-state index contributed by atoms with van der Waals surface area (Å²) in [7, 11) is 0. The Hall–Kier alpha value is -1.71. The van der Waals surface area contributed by atoms with Gasteiger partial charge in [-0.05, 0) is 17.4 Å². The zero-order chi connectivity index (χ0) is 19.8. The van der Waals surface area contributed by atoms with Crippen molar-refractivity contribution in [1.29, 1.82) is 0 Å². The maximum Gasteiger partial charge on any atom is 0.310 e. The minimum Gasteiger partial charge on any atom is -0.460 e. The molecule has 1 aliphatic carbocycles. The van der Waals surface area contributed by atoms with Gasteiger partial charge in [0.2, 0.25) is 0 Å². The third-order valence-corrected chi connectivity index (χ3v) is 4.80. The van der Waals surface area contributed by atoms with Crippen LogP contribution in [0, 0.1) is 52.9 Å². The van der Waals surface area contributed by atoms with Gasteiger partial charge in [0.25, 0.3) is 0 Å². The van der Waals surface area contributed by atoms with Crippen LogP contribution in [-0.2, 0) is 22.6 Å². The van der Waals surface area contributed by atoms with Crippen LogP contribution in [0.25, 0.3) is 0 Å². The molecule has 1 aromatic carbocycles. The van der Waals surface area contributed by atoms with Crippen molar-refractivity contribution >= 4 is 29.2 Å². The standard InChI is InChI=1S/C18H14Cl2F4O2/c1-4-5-8-13(21)15(23)9(16(24)14(8)22)7-26-17(25)12-10(6-11(19)20)18(12,2)3/h1,6,10,12H,5,7H2,2-3H3. The van der Waals surface area contributed by atoms with Gasteiger partial charge >= 0.3 is 5.97 Å². The molecule has 2 rings (SSSR count). The number of terminal acetylenes is 1. The van der Waals surface area contributed by atoms with E-state index < -0.39 is 64.7 Å². The molecule has 140 valence electrons. The van der Waals surface area contributed by atoms with Crippen LogP contribution in [0.15, 0.2) is 10.6 Å². The highest BCUT2D eigenvalue weighted by Gasteiger charge is 2.61. The van der Waals surface area contributed by atoms with E-state index in [0.29, 0.717) is 0 Å². The zero-order valence-electron chi connectivity index (χ0n) is 13.8. The predicted molar refractivity (Wildman–Crippen MR) is 89.2 cm³/mol. The summed E-state index contributed by atoms with van der Waals surface area (Å²) in [5, 5.41) is 0. The van der Waals surface area contributed by atoms with E-state index in [-0.39, 0.29) is 10.4 Å². The summed E-state index contributed by atoms with van der Waals surface area (Å²) in [6.45, 7) is 2.55. The first-order valence-electron chi connectivity index (χ1n) is 7.50. The molecule has 1 aromatic rings. The first kappa shape index (κ1) is 20.6. The Morgan fingerprint density at radius 2 is 1.65 bits per heavy atom. The Morgan fingerprint density at radius 3 is 2.12 bits per heavy atom. The fourth-order valence-corrected chi connectivity index (χ4v) is 3.19. The Bertz CT molecular complexity index is 794. The lowest BCUT2D eigenvalue weighted by Crippen LogP contribution is -2.14. The Kier molecular flexibility index (Phi) is 5.94. The van der Waals surface area contributed by atoms with Crippen molar-refractivity contribution in [2.45, 2.75) is 26.9 Å². The smallest absolute Gasteiger partial charge is 0.310 e. The SMILES string of the molecule is C#CCc1c(F)c(F)c(COC(=O)C2C(C=C(Cl)Cl)C2(C)C)c(F)c1F. The van der Waals surface area contributed by atoms with Crippen molar-refractivity contribution in [3.63, 3.8) is 0 Å². The third kappa shape index (κ3) is 3.70. The molecule has 0 bridgehead atoms. The number of benzene rings is 1. The lowest BCUT2D eigenvalue weighted by atomic mass is 10.1. The van der Waals surface area contributed by atoms with Gasteiger partial charge in [0.15, 0.2) is 23.3 Å². The molecule has 0 spiro atoms. The number of halogens is 6. The van der Waals surface area contributed by atoms with Gasteiger partial charge in [-0.25, -0.2) is 17.6 Å². The van der Waals surface area contributed by atoms with Crippen molar-refractivity contribution in [2.24, 2.45) is 17.3 Å². The van der Waals surface area contributed by atoms with Gasteiger partial charge in [-0.3, -0.25) is 4.79 Å². The Morgan fingerprint density at radius 1 is 1.15 bits per heavy atom. The number of ether oxygens (including phenoxy) is 1. The molecule has 0 saturated heterocycles. The second-order valence-electron chi connectivity index (χ2n) is 6.48. The monoisotopic (exact) mass is 408 g/mol. The third-order valence-electron chi connectivity index (χ3n) is 4.55. The minimum absolute atomic E-state index is 0.0243. The van der Waals surface area contributed by atoms with Crippen molar-refractivity contribution < 1.29 is 27.1 Å². The van der Waals surface area contributed by atoms with E-state index in [2.05, 4.69) is 0 Å². The van der Waals surface area contributed by atoms with Gasteiger partial charge in [-0.2, -0.15) is 0 Å². The highest BCUT2D eigenvalue weighted by Crippen LogP contribution is 2.60. The number of allylic oxidation sites excluding steroid dienone is 1. The van der Waals surface area contributed by atoms with E-state index in [4.69, 9.17) is 34.4 Å². The number of hydrogen-bond acceptors (Lipinski definition) is 2. The topological polar surface area (TPSA) is 26.3 Å². The average molecular weight is 409 g/mol. The summed E-state index contributed by atoms with van der Waals surface area (Å²) < 4.78 is 60.6. The van der Waals surface area contributed by atoms with Crippen molar-refractivity contribution in [1.82, 2.24) is 0 Å². The molecule has 0 amide bonds. The summed E-state index contributed by atoms with van der Waals surface area (Å²) in [4.78, 5) is 12.2. The molecule has 1 aliphatic rings. The van der Waals surface area contributed by atoms with E-state index >= 15 is 0 Å². The molecule has 0 aromatic heterocycles. The molecule has 2 nitrogen and oxygen atoms in total. The quantitative estimate of drug-likeness (QED) is 0.294. The lowest BCUT2D eigenvalue weighted by molar-refractivity contribution is -0.147. The van der Waals surface area contributed by atoms with Crippen molar-refractivity contribution in [3.05, 3.63) is 45.0 Å². The summed E-state index contributed by atoms with van der Waals surface area (Å²) >= 11 is 11.2. The first-order valence-corrected chi connectivity index (χ1v) is 8.26. The summed E-state index contributed by atoms with van der Waals surface area (Å²) in [5.74, 6) is -6.31. The highest BCUT2D eigenvalue weighted by atomic mass is 35.5. The van der Waals surface area contributed by atoms with Gasteiger partial charge in [-0.1, -0.05) is 37.0 Å². The maximum atomic E-state index is 14.0. The molecule has 0 aliphatic heterocycles. The molecule has 1 saturated carbocycles. The maximum absolute atomic E-state index is 14.0. The molecule has 2 atom stereocenters. The van der Waals surface area contributed by atoms with Crippen molar-refractivity contribution in [2.75, 3.05) is 0 Å². The van der Waals surface area contributed by atoms with Crippen LogP contribution in [0.5, 0.6) is 0 Å². The number of esters is 1. The van der Waals surface area contributed by atoms with Crippen LogP contribution in [0.3, 0.4) is 0 Å². The molecule has 0 heterocycles. The Balaban J connectivity index is 2.20. The average Bonchev–Trinajstić information content (AvgIpc) is 3.09. The van der Waals surface area contributed by atoms with Gasteiger partial charge in [0.1, 0.15) is 11.1 Å². The van der Waals surface area contributed by atoms with Gasteiger partial charge in [0, 0.05) is 12.0 Å². The largest absolute Gasteiger partial charge is 0.460 e. The fraction of sp³-hybridized carbons (Fsp3) is 0.389. The molecular formula is C18H14Cl2F4O2. The highest BCUT2D eigenvalue weighted by molar-refractivity contribution is 6.55. The first-order chi connectivity index (χ1) is 12.0. The van der Waals surface area contributed by atoms with E-state index in [0.717, 1.165) is 0 Å². The number of hydrogen-bond donors (Lipinski definition) is 0. The second-order valence-corrected chi connectivity index (χ2v) is 7.49. The molecule has 2 unspecified atom stereocenters. The molecule has 26 heavy (non-hydrogen) atoms. The van der Waals surface area contributed by atoms with Crippen LogP contribution in [0.1, 0.15) is 25.0 Å². The van der Waals surface area contributed by atoms with Crippen LogP contribution in [0.2, 0.25) is 0 Å². The number of carbonyl (C=O) groups is 1. The van der Waals surface area contributed by atoms with Gasteiger partial charge in [0.05, 0.1) is 11.5 Å². The lowest BCUT2D eigenvalue weighted by Gasteiger charge is -2.11. The predicted octanol–water partition coefficient (Wildman–Crippen LogP) is 5.05. The van der Waals surface area contributed by atoms with Crippen LogP contribution in [-0.4, -0.2) is 5.97 Å². The minimum atomic E-state index is -1.64. The second kappa shape index (κ2) is 7.50. The van der Waals surface area contributed by atoms with E-state index in [1.807, 2.05) is 5.92 Å². The summed E-state index contributed by atoms with van der Waals surface area (Å²) in [6, 6.07) is 0. The van der Waals surface area contributed by atoms with E-state index in [1.54, 1.807) is 13.8 Å². The van der Waals surface area contributed by atoms with Gasteiger partial charge < -0.3 is 4.74 Å². The molecular weight excluding hydrogens is 395 g/mol. The number of carbonyl (C=O) groups excluding carboxylic acids is 1. The molecule has 0 radical (unpaired) electrons. The summed E-state index contributed by atoms with van der Waals surface area (Å²) in [6.07, 6.45) is 5.77. The molecule has 1 fully saturated rings. The van der Waals surface area contributed by atoms with E-state index in [9.17, 15) is 22.4 Å². The fourth-order valence-electron chi connectivity index (χ4n) is 2.91.